The summed E-state index contributed by atoms with van der Waals surface area (Å²) in [6.07, 6.45) is 0.850. The van der Waals surface area contributed by atoms with Crippen LogP contribution in [0, 0.1) is 12.8 Å². The molecule has 0 bridgehead atoms. The van der Waals surface area contributed by atoms with Crippen molar-refractivity contribution < 1.29 is 23.9 Å². The van der Waals surface area contributed by atoms with Crippen molar-refractivity contribution in [3.63, 3.8) is 0 Å². The van der Waals surface area contributed by atoms with Gasteiger partial charge in [0.1, 0.15) is 17.5 Å². The van der Waals surface area contributed by atoms with Crippen LogP contribution in [0.15, 0.2) is 48.5 Å². The molecule has 192 valence electrons. The minimum atomic E-state index is -0.939. The Morgan fingerprint density at radius 1 is 1.06 bits per heavy atom. The molecule has 2 aromatic rings. The molecule has 2 heterocycles. The highest BCUT2D eigenvalue weighted by molar-refractivity contribution is 5.99. The summed E-state index contributed by atoms with van der Waals surface area (Å²) < 4.78 is 11.5. The minimum absolute atomic E-state index is 0.0930. The number of nitrogens with one attached hydrogen (secondary N) is 1. The summed E-state index contributed by atoms with van der Waals surface area (Å²) in [5.74, 6) is 0.380. The van der Waals surface area contributed by atoms with Gasteiger partial charge in [-0.1, -0.05) is 37.6 Å². The van der Waals surface area contributed by atoms with Crippen LogP contribution >= 0.6 is 0 Å². The van der Waals surface area contributed by atoms with Gasteiger partial charge in [-0.15, -0.1) is 0 Å². The van der Waals surface area contributed by atoms with Gasteiger partial charge in [-0.3, -0.25) is 19.3 Å². The van der Waals surface area contributed by atoms with Gasteiger partial charge < -0.3 is 19.7 Å². The first-order valence-electron chi connectivity index (χ1n) is 12.5. The van der Waals surface area contributed by atoms with Crippen LogP contribution in [-0.2, 0) is 9.53 Å². The molecule has 2 aliphatic rings. The quantitative estimate of drug-likeness (QED) is 0.668. The van der Waals surface area contributed by atoms with Crippen molar-refractivity contribution in [2.24, 2.45) is 5.92 Å². The minimum Gasteiger partial charge on any atom is -0.497 e. The van der Waals surface area contributed by atoms with E-state index in [1.165, 1.54) is 0 Å². The number of aryl methyl sites for hydroxylation is 1. The Bertz CT molecular complexity index is 1120. The number of hydrogen-bond donors (Lipinski definition) is 1. The number of hydrogen-bond acceptors (Lipinski definition) is 5. The predicted molar refractivity (Wildman–Crippen MR) is 136 cm³/mol. The summed E-state index contributed by atoms with van der Waals surface area (Å²) >= 11 is 0. The molecule has 1 spiro atoms. The summed E-state index contributed by atoms with van der Waals surface area (Å²) in [5, 5.41) is 2.96. The number of carbonyl (C=O) groups is 3. The van der Waals surface area contributed by atoms with E-state index in [9.17, 15) is 14.4 Å². The van der Waals surface area contributed by atoms with Crippen LogP contribution in [0.25, 0.3) is 0 Å². The van der Waals surface area contributed by atoms with Crippen LogP contribution < -0.4 is 10.1 Å². The zero-order chi connectivity index (χ0) is 25.9. The Morgan fingerprint density at radius 2 is 1.72 bits per heavy atom. The van der Waals surface area contributed by atoms with Crippen LogP contribution in [-0.4, -0.2) is 72.6 Å². The molecule has 36 heavy (non-hydrogen) atoms. The summed E-state index contributed by atoms with van der Waals surface area (Å²) in [5.41, 5.74) is 1.11. The van der Waals surface area contributed by atoms with Crippen molar-refractivity contribution in [1.29, 1.82) is 0 Å². The Balaban J connectivity index is 1.56. The third-order valence-corrected chi connectivity index (χ3v) is 6.88. The highest BCUT2D eigenvalue weighted by Gasteiger charge is 2.54. The van der Waals surface area contributed by atoms with Gasteiger partial charge in [0.2, 0.25) is 5.91 Å². The number of rotatable bonds is 6. The van der Waals surface area contributed by atoms with Crippen molar-refractivity contribution in [2.75, 3.05) is 33.4 Å². The molecule has 8 heteroatoms. The van der Waals surface area contributed by atoms with E-state index in [2.05, 4.69) is 5.32 Å². The molecular formula is C28H35N3O5. The molecule has 1 unspecified atom stereocenters. The molecule has 8 nitrogen and oxygen atoms in total. The molecule has 2 fully saturated rings. The van der Waals surface area contributed by atoms with Crippen LogP contribution in [0.4, 0.5) is 0 Å². The number of piperidine rings is 1. The fraction of sp³-hybridized carbons (Fsp3) is 0.464. The van der Waals surface area contributed by atoms with Crippen molar-refractivity contribution >= 4 is 17.7 Å². The summed E-state index contributed by atoms with van der Waals surface area (Å²) in [6.45, 7) is 7.46. The Kier molecular flexibility index (Phi) is 7.64. The van der Waals surface area contributed by atoms with E-state index in [1.54, 1.807) is 47.2 Å². The molecule has 2 aromatic carbocycles. The zero-order valence-electron chi connectivity index (χ0n) is 21.5. The Hall–Kier alpha value is -3.39. The zero-order valence-corrected chi connectivity index (χ0v) is 21.5. The average molecular weight is 494 g/mol. The van der Waals surface area contributed by atoms with Crippen LogP contribution in [0.2, 0.25) is 0 Å². The van der Waals surface area contributed by atoms with Gasteiger partial charge in [-0.05, 0) is 43.2 Å². The van der Waals surface area contributed by atoms with Crippen molar-refractivity contribution in [3.05, 3.63) is 65.2 Å². The lowest BCUT2D eigenvalue weighted by molar-refractivity contribution is -0.128. The number of benzene rings is 2. The van der Waals surface area contributed by atoms with Gasteiger partial charge in [-0.2, -0.15) is 0 Å². The smallest absolute Gasteiger partial charge is 0.256 e. The van der Waals surface area contributed by atoms with Gasteiger partial charge >= 0.3 is 0 Å². The van der Waals surface area contributed by atoms with E-state index in [1.807, 2.05) is 39.0 Å². The molecule has 3 amide bonds. The summed E-state index contributed by atoms with van der Waals surface area (Å²) in [7, 11) is 1.57. The number of nitrogens with zero attached hydrogens (tertiary/aromatic N) is 2. The molecule has 1 atom stereocenters. The standard InChI is InChI=1S/C28H35N3O5/c1-19(2)17-29-25(32)24-18-36-28(31(24)27(34)21-8-5-7-20(3)15-21)11-13-30(14-12-28)26(33)22-9-6-10-23(16-22)35-4/h5-10,15-16,19,24H,11-14,17-18H2,1-4H3,(H,29,32). The molecule has 1 N–H and O–H groups in total. The van der Waals surface area contributed by atoms with Crippen molar-refractivity contribution in [1.82, 2.24) is 15.1 Å². The Morgan fingerprint density at radius 3 is 2.36 bits per heavy atom. The first kappa shape index (κ1) is 25.7. The van der Waals surface area contributed by atoms with E-state index in [4.69, 9.17) is 9.47 Å². The monoisotopic (exact) mass is 493 g/mol. The third kappa shape index (κ3) is 5.23. The number of methoxy groups -OCH3 is 1. The molecular weight excluding hydrogens is 458 g/mol. The van der Waals surface area contributed by atoms with E-state index < -0.39 is 11.8 Å². The number of ether oxygens (including phenoxy) is 2. The van der Waals surface area contributed by atoms with Crippen molar-refractivity contribution in [2.45, 2.75) is 45.4 Å². The number of amides is 3. The summed E-state index contributed by atoms with van der Waals surface area (Å²) in [4.78, 5) is 43.5. The second-order valence-electron chi connectivity index (χ2n) is 9.98. The normalized spacial score (nSPS) is 19.0. The van der Waals surface area contributed by atoms with Crippen LogP contribution in [0.3, 0.4) is 0 Å². The molecule has 0 radical (unpaired) electrons. The van der Waals surface area contributed by atoms with Gasteiger partial charge in [0, 0.05) is 43.6 Å². The van der Waals surface area contributed by atoms with Crippen LogP contribution in [0.5, 0.6) is 5.75 Å². The first-order valence-corrected chi connectivity index (χ1v) is 12.5. The fourth-order valence-corrected chi connectivity index (χ4v) is 4.90. The van der Waals surface area contributed by atoms with Crippen LogP contribution in [0.1, 0.15) is 53.0 Å². The maximum Gasteiger partial charge on any atom is 0.256 e. The second kappa shape index (κ2) is 10.7. The fourth-order valence-electron chi connectivity index (χ4n) is 4.90. The maximum absolute atomic E-state index is 13.8. The van der Waals surface area contributed by atoms with E-state index in [0.29, 0.717) is 49.4 Å². The van der Waals surface area contributed by atoms with Gasteiger partial charge in [0.05, 0.1) is 13.7 Å². The van der Waals surface area contributed by atoms with E-state index >= 15 is 0 Å². The van der Waals surface area contributed by atoms with E-state index in [-0.39, 0.29) is 30.2 Å². The highest BCUT2D eigenvalue weighted by Crippen LogP contribution is 2.39. The number of likely N-dealkylation sites (tertiary alicyclic amines) is 1. The third-order valence-electron chi connectivity index (χ3n) is 6.88. The second-order valence-corrected chi connectivity index (χ2v) is 9.98. The molecule has 0 aliphatic carbocycles. The first-order chi connectivity index (χ1) is 17.2. The molecule has 2 saturated heterocycles. The number of carbonyl (C=O) groups excluding carboxylic acids is 3. The molecule has 0 aromatic heterocycles. The SMILES string of the molecule is COc1cccc(C(=O)N2CCC3(CC2)OCC(C(=O)NCC(C)C)N3C(=O)c2cccc(C)c2)c1. The lowest BCUT2D eigenvalue weighted by Crippen LogP contribution is -2.60. The largest absolute Gasteiger partial charge is 0.497 e. The lowest BCUT2D eigenvalue weighted by atomic mass is 9.95. The van der Waals surface area contributed by atoms with Gasteiger partial charge in [0.25, 0.3) is 11.8 Å². The van der Waals surface area contributed by atoms with E-state index in [0.717, 1.165) is 5.56 Å². The van der Waals surface area contributed by atoms with Gasteiger partial charge in [-0.25, -0.2) is 0 Å². The molecule has 2 aliphatic heterocycles. The topological polar surface area (TPSA) is 88.2 Å². The lowest BCUT2D eigenvalue weighted by Gasteiger charge is -2.44. The highest BCUT2D eigenvalue weighted by atomic mass is 16.5. The molecule has 4 rings (SSSR count). The molecule has 0 saturated carbocycles. The average Bonchev–Trinajstić information content (AvgIpc) is 3.25. The summed E-state index contributed by atoms with van der Waals surface area (Å²) in [6, 6.07) is 13.7. The maximum atomic E-state index is 13.8. The predicted octanol–water partition coefficient (Wildman–Crippen LogP) is 3.25. The van der Waals surface area contributed by atoms with Gasteiger partial charge in [0.15, 0.2) is 0 Å². The van der Waals surface area contributed by atoms with Crippen molar-refractivity contribution in [3.8, 4) is 5.75 Å². The Labute approximate surface area is 212 Å².